The maximum Gasteiger partial charge on any atom is 0.344 e. The maximum atomic E-state index is 11.0. The second-order valence-electron chi connectivity index (χ2n) is 2.97. The average molecular weight is 304 g/mol. The van der Waals surface area contributed by atoms with Crippen LogP contribution < -0.4 is 4.74 Å². The number of esters is 1. The van der Waals surface area contributed by atoms with Gasteiger partial charge in [-0.15, -0.1) is 0 Å². The summed E-state index contributed by atoms with van der Waals surface area (Å²) in [6, 6.07) is 4.02. The fourth-order valence-electron chi connectivity index (χ4n) is 1.06. The number of carbonyl (C=O) groups excluding carboxylic acids is 1. The zero-order chi connectivity index (χ0) is 12.8. The Morgan fingerprint density at radius 1 is 1.53 bits per heavy atom. The van der Waals surface area contributed by atoms with Crippen LogP contribution in [-0.4, -0.2) is 24.1 Å². The molecule has 0 atom stereocenters. The van der Waals surface area contributed by atoms with Gasteiger partial charge < -0.3 is 9.47 Å². The Morgan fingerprint density at radius 3 is 2.76 bits per heavy atom. The monoisotopic (exact) mass is 303 g/mol. The highest BCUT2D eigenvalue weighted by atomic mass is 79.9. The van der Waals surface area contributed by atoms with E-state index in [9.17, 15) is 14.9 Å². The molecule has 17 heavy (non-hydrogen) atoms. The molecule has 0 radical (unpaired) electrons. The van der Waals surface area contributed by atoms with Crippen molar-refractivity contribution in [1.29, 1.82) is 0 Å². The number of nitro benzene ring substituents is 1. The highest BCUT2D eigenvalue weighted by Crippen LogP contribution is 2.28. The van der Waals surface area contributed by atoms with Crippen molar-refractivity contribution in [2.24, 2.45) is 0 Å². The van der Waals surface area contributed by atoms with E-state index in [1.54, 1.807) is 6.92 Å². The van der Waals surface area contributed by atoms with Crippen molar-refractivity contribution in [1.82, 2.24) is 0 Å². The minimum Gasteiger partial charge on any atom is -0.481 e. The summed E-state index contributed by atoms with van der Waals surface area (Å²) >= 11 is 3.12. The molecule has 0 unspecified atom stereocenters. The molecule has 0 N–H and O–H groups in total. The van der Waals surface area contributed by atoms with E-state index in [1.165, 1.54) is 18.2 Å². The normalized spacial score (nSPS) is 9.76. The number of hydrogen-bond donors (Lipinski definition) is 0. The molecule has 0 bridgehead atoms. The number of nitro groups is 1. The molecule has 1 rings (SSSR count). The van der Waals surface area contributed by atoms with Crippen LogP contribution in [0.2, 0.25) is 0 Å². The molecule has 1 aromatic carbocycles. The summed E-state index contributed by atoms with van der Waals surface area (Å²) in [7, 11) is 0. The summed E-state index contributed by atoms with van der Waals surface area (Å²) in [6.07, 6.45) is 0. The number of hydrogen-bond acceptors (Lipinski definition) is 5. The molecule has 0 aliphatic rings. The van der Waals surface area contributed by atoms with Crippen LogP contribution in [0, 0.1) is 10.1 Å². The Balaban J connectivity index is 2.66. The van der Waals surface area contributed by atoms with Crippen molar-refractivity contribution < 1.29 is 19.2 Å². The van der Waals surface area contributed by atoms with Crippen molar-refractivity contribution in [2.45, 2.75) is 6.92 Å². The second kappa shape index (κ2) is 6.19. The first-order chi connectivity index (χ1) is 8.04. The van der Waals surface area contributed by atoms with Crippen LogP contribution in [0.5, 0.6) is 5.75 Å². The first kappa shape index (κ1) is 13.4. The van der Waals surface area contributed by atoms with E-state index in [1.807, 2.05) is 0 Å². The average Bonchev–Trinajstić information content (AvgIpc) is 2.27. The van der Waals surface area contributed by atoms with Crippen LogP contribution in [0.4, 0.5) is 5.69 Å². The predicted molar refractivity (Wildman–Crippen MR) is 62.9 cm³/mol. The molecule has 0 spiro atoms. The van der Waals surface area contributed by atoms with Crippen molar-refractivity contribution >= 4 is 27.6 Å². The van der Waals surface area contributed by atoms with Crippen molar-refractivity contribution in [2.75, 3.05) is 13.2 Å². The van der Waals surface area contributed by atoms with Gasteiger partial charge in [0, 0.05) is 12.1 Å². The molecule has 0 heterocycles. The fraction of sp³-hybridized carbons (Fsp3) is 0.300. The van der Waals surface area contributed by atoms with E-state index in [-0.39, 0.29) is 18.9 Å². The summed E-state index contributed by atoms with van der Waals surface area (Å²) in [5, 5.41) is 10.5. The number of carbonyl (C=O) groups is 1. The number of nitrogens with zero attached hydrogens (tertiary/aromatic N) is 1. The van der Waals surface area contributed by atoms with Crippen LogP contribution in [0.25, 0.3) is 0 Å². The van der Waals surface area contributed by atoms with Gasteiger partial charge in [-0.1, -0.05) is 0 Å². The van der Waals surface area contributed by atoms with Crippen molar-refractivity contribution in [3.8, 4) is 5.75 Å². The molecular weight excluding hydrogens is 294 g/mol. The van der Waals surface area contributed by atoms with E-state index < -0.39 is 10.9 Å². The van der Waals surface area contributed by atoms with E-state index in [2.05, 4.69) is 20.7 Å². The summed E-state index contributed by atoms with van der Waals surface area (Å²) < 4.78 is 10.2. The molecule has 0 saturated carbocycles. The number of halogens is 1. The molecule has 0 amide bonds. The molecule has 0 aromatic heterocycles. The molecular formula is C10H10BrNO5. The van der Waals surface area contributed by atoms with Gasteiger partial charge in [-0.05, 0) is 28.9 Å². The Morgan fingerprint density at radius 2 is 2.24 bits per heavy atom. The Labute approximate surface area is 106 Å². The molecule has 1 aromatic rings. The Hall–Kier alpha value is -1.63. The van der Waals surface area contributed by atoms with Crippen molar-refractivity contribution in [3.05, 3.63) is 32.8 Å². The van der Waals surface area contributed by atoms with Gasteiger partial charge in [-0.3, -0.25) is 10.1 Å². The quantitative estimate of drug-likeness (QED) is 0.474. The van der Waals surface area contributed by atoms with Crippen LogP contribution >= 0.6 is 15.9 Å². The Kier molecular flexibility index (Phi) is 4.89. The van der Waals surface area contributed by atoms with E-state index in [0.717, 1.165) is 0 Å². The fourth-order valence-corrected chi connectivity index (χ4v) is 1.54. The summed E-state index contributed by atoms with van der Waals surface area (Å²) in [6.45, 7) is 1.74. The van der Waals surface area contributed by atoms with Gasteiger partial charge in [0.05, 0.1) is 16.0 Å². The molecule has 0 aliphatic heterocycles. The smallest absolute Gasteiger partial charge is 0.344 e. The van der Waals surface area contributed by atoms with Gasteiger partial charge in [0.2, 0.25) is 0 Å². The lowest BCUT2D eigenvalue weighted by atomic mass is 10.3. The molecule has 0 aliphatic carbocycles. The van der Waals surface area contributed by atoms with Crippen molar-refractivity contribution in [3.63, 3.8) is 0 Å². The number of ether oxygens (including phenoxy) is 2. The van der Waals surface area contributed by atoms with E-state index >= 15 is 0 Å². The second-order valence-corrected chi connectivity index (χ2v) is 3.82. The van der Waals surface area contributed by atoms with Gasteiger partial charge in [0.15, 0.2) is 6.61 Å². The highest BCUT2D eigenvalue weighted by molar-refractivity contribution is 9.10. The van der Waals surface area contributed by atoms with Crippen LogP contribution in [0.1, 0.15) is 6.92 Å². The van der Waals surface area contributed by atoms with Gasteiger partial charge >= 0.3 is 5.97 Å². The van der Waals surface area contributed by atoms with E-state index in [0.29, 0.717) is 10.2 Å². The zero-order valence-electron chi connectivity index (χ0n) is 9.01. The van der Waals surface area contributed by atoms with Gasteiger partial charge in [0.1, 0.15) is 5.75 Å². The Bertz CT molecular complexity index is 435. The lowest BCUT2D eigenvalue weighted by Crippen LogP contribution is -2.14. The minimum absolute atomic E-state index is 0.0552. The summed E-state index contributed by atoms with van der Waals surface area (Å²) in [4.78, 5) is 21.0. The lowest BCUT2D eigenvalue weighted by molar-refractivity contribution is -0.384. The summed E-state index contributed by atoms with van der Waals surface area (Å²) in [5.41, 5.74) is -0.0552. The molecule has 92 valence electrons. The number of rotatable bonds is 5. The first-order valence-corrected chi connectivity index (χ1v) is 5.56. The molecule has 6 nitrogen and oxygen atoms in total. The third kappa shape index (κ3) is 4.03. The molecule has 0 fully saturated rings. The highest BCUT2D eigenvalue weighted by Gasteiger charge is 2.11. The third-order valence-electron chi connectivity index (χ3n) is 1.78. The zero-order valence-corrected chi connectivity index (χ0v) is 10.6. The van der Waals surface area contributed by atoms with Gasteiger partial charge in [-0.25, -0.2) is 4.79 Å². The van der Waals surface area contributed by atoms with Crippen LogP contribution in [0.3, 0.4) is 0 Å². The molecule has 7 heteroatoms. The first-order valence-electron chi connectivity index (χ1n) is 4.77. The van der Waals surface area contributed by atoms with Crippen LogP contribution in [-0.2, 0) is 9.53 Å². The number of non-ortho nitro benzene ring substituents is 1. The predicted octanol–water partition coefficient (Wildman–Crippen LogP) is 2.30. The van der Waals surface area contributed by atoms with Gasteiger partial charge in [0.25, 0.3) is 5.69 Å². The maximum absolute atomic E-state index is 11.0. The summed E-state index contributed by atoms with van der Waals surface area (Å²) in [5.74, 6) is -0.138. The van der Waals surface area contributed by atoms with E-state index in [4.69, 9.17) is 4.74 Å². The largest absolute Gasteiger partial charge is 0.481 e. The van der Waals surface area contributed by atoms with Crippen LogP contribution in [0.15, 0.2) is 22.7 Å². The topological polar surface area (TPSA) is 78.7 Å². The lowest BCUT2D eigenvalue weighted by Gasteiger charge is -2.07. The standard InChI is InChI=1S/C10H10BrNO5/c1-2-16-10(13)6-17-9-4-3-7(12(14)15)5-8(9)11/h3-5H,2,6H2,1H3. The minimum atomic E-state index is -0.514. The SMILES string of the molecule is CCOC(=O)COc1ccc([N+](=O)[O-])cc1Br. The van der Waals surface area contributed by atoms with Gasteiger partial charge in [-0.2, -0.15) is 0 Å². The molecule has 0 saturated heterocycles. The third-order valence-corrected chi connectivity index (χ3v) is 2.40. The number of benzene rings is 1.